The lowest BCUT2D eigenvalue weighted by Crippen LogP contribution is -2.36. The number of carbonyl (C=O) groups excluding carboxylic acids is 2. The average Bonchev–Trinajstić information content (AvgIpc) is 3.36. The summed E-state index contributed by atoms with van der Waals surface area (Å²) < 4.78 is 9.94. The molecular formula is C27H29N5O8. The van der Waals surface area contributed by atoms with E-state index in [0.29, 0.717) is 17.1 Å². The molecule has 0 aliphatic heterocycles. The van der Waals surface area contributed by atoms with E-state index >= 15 is 0 Å². The number of imidazole rings is 1. The van der Waals surface area contributed by atoms with Crippen LogP contribution in [0.25, 0.3) is 17.3 Å². The van der Waals surface area contributed by atoms with E-state index in [0.717, 1.165) is 11.6 Å². The molecule has 3 rings (SSSR count). The maximum atomic E-state index is 12.7. The zero-order chi connectivity index (χ0) is 29.4. The minimum atomic E-state index is -1.08. The van der Waals surface area contributed by atoms with Crippen molar-refractivity contribution >= 4 is 35.6 Å². The molecule has 0 saturated carbocycles. The fourth-order valence-electron chi connectivity index (χ4n) is 3.70. The number of anilines is 1. The number of nitro groups is 1. The summed E-state index contributed by atoms with van der Waals surface area (Å²) in [6.07, 6.45) is 2.65. The molecule has 1 atom stereocenters. The molecule has 0 saturated heterocycles. The van der Waals surface area contributed by atoms with Crippen LogP contribution >= 0.6 is 0 Å². The van der Waals surface area contributed by atoms with Crippen molar-refractivity contribution in [3.8, 4) is 11.3 Å². The molecule has 1 unspecified atom stereocenters. The maximum Gasteiger partial charge on any atom is 0.411 e. The summed E-state index contributed by atoms with van der Waals surface area (Å²) in [4.78, 5) is 53.7. The number of rotatable bonds is 9. The van der Waals surface area contributed by atoms with Crippen LogP contribution in [0.3, 0.4) is 0 Å². The molecule has 2 aromatic carbocycles. The molecule has 1 heterocycles. The molecule has 0 radical (unpaired) electrons. The van der Waals surface area contributed by atoms with Crippen LogP contribution in [0.4, 0.5) is 21.0 Å². The zero-order valence-electron chi connectivity index (χ0n) is 22.3. The van der Waals surface area contributed by atoms with Crippen molar-refractivity contribution in [1.29, 1.82) is 0 Å². The number of carboxylic acids is 1. The third-order valence-electron chi connectivity index (χ3n) is 5.34. The van der Waals surface area contributed by atoms with E-state index in [1.165, 1.54) is 37.6 Å². The molecule has 0 aliphatic rings. The number of alkyl carbamates (subject to hydrolysis) is 1. The largest absolute Gasteiger partial charge is 0.478 e. The third-order valence-corrected chi connectivity index (χ3v) is 5.34. The Hall–Kier alpha value is -5.20. The van der Waals surface area contributed by atoms with Gasteiger partial charge in [0.05, 0.1) is 41.2 Å². The first-order chi connectivity index (χ1) is 18.8. The van der Waals surface area contributed by atoms with Crippen LogP contribution in [0.5, 0.6) is 0 Å². The second-order valence-corrected chi connectivity index (χ2v) is 9.61. The van der Waals surface area contributed by atoms with Crippen LogP contribution in [0.2, 0.25) is 0 Å². The van der Waals surface area contributed by atoms with Crippen molar-refractivity contribution in [3.63, 3.8) is 0 Å². The number of nitrogens with zero attached hydrogens (tertiary/aromatic N) is 2. The Morgan fingerprint density at radius 1 is 1.18 bits per heavy atom. The number of ether oxygens (including phenoxy) is 2. The number of H-pyrrole nitrogens is 1. The quantitative estimate of drug-likeness (QED) is 0.160. The lowest BCUT2D eigenvalue weighted by molar-refractivity contribution is -0.384. The van der Waals surface area contributed by atoms with Crippen LogP contribution in [-0.2, 0) is 20.7 Å². The lowest BCUT2D eigenvalue weighted by Gasteiger charge is -2.23. The molecule has 2 amide bonds. The first-order valence-electron chi connectivity index (χ1n) is 12.0. The number of aliphatic carboxylic acids is 1. The molecule has 210 valence electrons. The highest BCUT2D eigenvalue weighted by atomic mass is 16.6. The van der Waals surface area contributed by atoms with Gasteiger partial charge < -0.3 is 24.9 Å². The Labute approximate surface area is 229 Å². The zero-order valence-corrected chi connectivity index (χ0v) is 22.3. The van der Waals surface area contributed by atoms with Crippen LogP contribution in [0.15, 0.2) is 54.7 Å². The first-order valence-corrected chi connectivity index (χ1v) is 12.0. The van der Waals surface area contributed by atoms with E-state index < -0.39 is 34.7 Å². The van der Waals surface area contributed by atoms with Gasteiger partial charge in [-0.3, -0.25) is 15.4 Å². The molecule has 4 N–H and O–H groups in total. The normalized spacial score (nSPS) is 12.0. The molecule has 13 heteroatoms. The Kier molecular flexibility index (Phi) is 9.22. The van der Waals surface area contributed by atoms with Gasteiger partial charge in [-0.1, -0.05) is 24.3 Å². The fraction of sp³-hybridized carbons (Fsp3) is 0.259. The number of aromatic nitrogens is 2. The maximum absolute atomic E-state index is 12.7. The Bertz CT molecular complexity index is 1440. The van der Waals surface area contributed by atoms with Crippen molar-refractivity contribution in [2.45, 2.75) is 38.8 Å². The van der Waals surface area contributed by atoms with Crippen LogP contribution in [0.1, 0.15) is 43.8 Å². The molecule has 40 heavy (non-hydrogen) atoms. The van der Waals surface area contributed by atoms with Crippen molar-refractivity contribution in [3.05, 3.63) is 81.8 Å². The SMILES string of the molecule is COC(=O)Nc1ccc(-c2cnc(C(Cc3cccc(C=CC(=O)O)c3)NC(=O)OC(C)(C)C)[nH]2)c([N+](=O)[O-])c1. The van der Waals surface area contributed by atoms with Crippen molar-refractivity contribution in [2.75, 3.05) is 12.4 Å². The highest BCUT2D eigenvalue weighted by molar-refractivity contribution is 5.87. The number of hydrogen-bond acceptors (Lipinski definition) is 8. The Balaban J connectivity index is 1.96. The van der Waals surface area contributed by atoms with Gasteiger partial charge in [-0.05, 0) is 50.1 Å². The molecular weight excluding hydrogens is 522 g/mol. The number of carbonyl (C=O) groups is 3. The predicted molar refractivity (Wildman–Crippen MR) is 146 cm³/mol. The summed E-state index contributed by atoms with van der Waals surface area (Å²) in [7, 11) is 1.18. The number of hydrogen-bond donors (Lipinski definition) is 4. The van der Waals surface area contributed by atoms with Crippen molar-refractivity contribution < 1.29 is 33.9 Å². The summed E-state index contributed by atoms with van der Waals surface area (Å²) >= 11 is 0. The number of nitro benzene ring substituents is 1. The second-order valence-electron chi connectivity index (χ2n) is 9.61. The third kappa shape index (κ3) is 8.41. The first kappa shape index (κ1) is 29.4. The fourth-order valence-corrected chi connectivity index (χ4v) is 3.70. The molecule has 3 aromatic rings. The van der Waals surface area contributed by atoms with Crippen molar-refractivity contribution in [1.82, 2.24) is 15.3 Å². The van der Waals surface area contributed by atoms with Crippen molar-refractivity contribution in [2.24, 2.45) is 0 Å². The van der Waals surface area contributed by atoms with Gasteiger partial charge in [0.1, 0.15) is 11.4 Å². The minimum Gasteiger partial charge on any atom is -0.478 e. The monoisotopic (exact) mass is 551 g/mol. The summed E-state index contributed by atoms with van der Waals surface area (Å²) in [5, 5.41) is 25.9. The van der Waals surface area contributed by atoms with E-state index in [4.69, 9.17) is 9.84 Å². The summed E-state index contributed by atoms with van der Waals surface area (Å²) in [6.45, 7) is 5.17. The van der Waals surface area contributed by atoms with Crippen LogP contribution < -0.4 is 10.6 Å². The van der Waals surface area contributed by atoms with E-state index in [1.807, 2.05) is 6.07 Å². The standard InChI is InChI=1S/C27H29N5O8/c1-27(2,3)40-26(36)31-20(13-17-7-5-6-16(12-17)8-11-23(33)34)24-28-15-21(30-24)19-10-9-18(29-25(35)39-4)14-22(19)32(37)38/h5-12,14-15,20H,13H2,1-4H3,(H,28,30)(H,29,35)(H,31,36)(H,33,34). The Morgan fingerprint density at radius 2 is 1.93 bits per heavy atom. The number of nitrogens with one attached hydrogen (secondary N) is 3. The van der Waals surface area contributed by atoms with Gasteiger partial charge in [0.25, 0.3) is 5.69 Å². The van der Waals surface area contributed by atoms with E-state index in [9.17, 15) is 24.5 Å². The summed E-state index contributed by atoms with van der Waals surface area (Å²) in [5.74, 6) is -0.778. The number of carboxylic acid groups (broad SMARTS) is 1. The summed E-state index contributed by atoms with van der Waals surface area (Å²) in [5.41, 5.74) is 1.03. The second kappa shape index (κ2) is 12.6. The van der Waals surface area contributed by atoms with Gasteiger partial charge in [0.15, 0.2) is 0 Å². The highest BCUT2D eigenvalue weighted by Gasteiger charge is 2.25. The van der Waals surface area contributed by atoms with Gasteiger partial charge in [0, 0.05) is 18.6 Å². The van der Waals surface area contributed by atoms with E-state index in [-0.39, 0.29) is 23.4 Å². The molecule has 0 fully saturated rings. The van der Waals surface area contributed by atoms with E-state index in [2.05, 4.69) is 25.3 Å². The number of methoxy groups -OCH3 is 1. The smallest absolute Gasteiger partial charge is 0.411 e. The molecule has 0 spiro atoms. The molecule has 0 aliphatic carbocycles. The molecule has 13 nitrogen and oxygen atoms in total. The van der Waals surface area contributed by atoms with Gasteiger partial charge in [-0.15, -0.1) is 0 Å². The summed E-state index contributed by atoms with van der Waals surface area (Å²) in [6, 6.07) is 10.5. The van der Waals surface area contributed by atoms with Gasteiger partial charge in [-0.25, -0.2) is 19.4 Å². The van der Waals surface area contributed by atoms with Crippen LogP contribution in [-0.4, -0.2) is 50.9 Å². The molecule has 0 bridgehead atoms. The molecule has 1 aromatic heterocycles. The average molecular weight is 552 g/mol. The highest BCUT2D eigenvalue weighted by Crippen LogP contribution is 2.32. The predicted octanol–water partition coefficient (Wildman–Crippen LogP) is 5.07. The van der Waals surface area contributed by atoms with Gasteiger partial charge in [-0.2, -0.15) is 0 Å². The topological polar surface area (TPSA) is 186 Å². The van der Waals surface area contributed by atoms with Gasteiger partial charge >= 0.3 is 18.2 Å². The number of aromatic amines is 1. The lowest BCUT2D eigenvalue weighted by atomic mass is 10.0. The van der Waals surface area contributed by atoms with Crippen LogP contribution in [0, 0.1) is 10.1 Å². The van der Waals surface area contributed by atoms with E-state index in [1.54, 1.807) is 39.0 Å². The number of benzene rings is 2. The van der Waals surface area contributed by atoms with Gasteiger partial charge in [0.2, 0.25) is 0 Å². The Morgan fingerprint density at radius 3 is 2.58 bits per heavy atom. The number of amides is 2. The minimum absolute atomic E-state index is 0.170.